The Labute approximate surface area is 271 Å². The summed E-state index contributed by atoms with van der Waals surface area (Å²) in [4.78, 5) is 16.1. The summed E-state index contributed by atoms with van der Waals surface area (Å²) >= 11 is 0. The van der Waals surface area contributed by atoms with E-state index in [0.29, 0.717) is 31.5 Å². The summed E-state index contributed by atoms with van der Waals surface area (Å²) in [6, 6.07) is 36.4. The van der Waals surface area contributed by atoms with E-state index in [4.69, 9.17) is 16.2 Å². The number of carbonyl (C=O) groups excluding carboxylic acids is 1. The quantitative estimate of drug-likeness (QED) is 0.143. The number of carbonyl (C=O) groups is 1. The van der Waals surface area contributed by atoms with Gasteiger partial charge in [0.2, 0.25) is 0 Å². The SMILES string of the molecule is NCC1CCNc2ccccc21.NCc1ccnc2ccccc12.O=C(NCC1CCNc2ccccc21)OCc1ccccc1. The van der Waals surface area contributed by atoms with Crippen LogP contribution in [0.2, 0.25) is 0 Å². The highest BCUT2D eigenvalue weighted by Crippen LogP contribution is 2.31. The molecule has 5 aromatic rings. The summed E-state index contributed by atoms with van der Waals surface area (Å²) in [5, 5.41) is 10.8. The molecule has 7 rings (SSSR count). The topological polar surface area (TPSA) is 127 Å². The van der Waals surface area contributed by atoms with Gasteiger partial charge in [-0.05, 0) is 71.8 Å². The minimum Gasteiger partial charge on any atom is -0.445 e. The number of amides is 1. The molecule has 1 amide bonds. The van der Waals surface area contributed by atoms with Gasteiger partial charge in [-0.3, -0.25) is 4.98 Å². The number of nitrogens with zero attached hydrogens (tertiary/aromatic N) is 1. The van der Waals surface area contributed by atoms with Gasteiger partial charge in [-0.15, -0.1) is 0 Å². The largest absolute Gasteiger partial charge is 0.445 e. The molecule has 2 atom stereocenters. The highest BCUT2D eigenvalue weighted by Gasteiger charge is 2.20. The average Bonchev–Trinajstić information content (AvgIpc) is 3.13. The zero-order valence-corrected chi connectivity index (χ0v) is 26.2. The molecule has 3 heterocycles. The number of nitrogens with one attached hydrogen (secondary N) is 3. The molecule has 0 aliphatic carbocycles. The molecule has 0 spiro atoms. The van der Waals surface area contributed by atoms with Crippen molar-refractivity contribution in [2.45, 2.75) is 37.8 Å². The van der Waals surface area contributed by atoms with E-state index in [2.05, 4.69) is 57.3 Å². The van der Waals surface area contributed by atoms with E-state index in [1.165, 1.54) is 22.5 Å². The van der Waals surface area contributed by atoms with Crippen LogP contribution in [-0.4, -0.2) is 37.3 Å². The van der Waals surface area contributed by atoms with Crippen molar-refractivity contribution in [2.75, 3.05) is 36.8 Å². The first kappa shape index (κ1) is 32.5. The molecule has 0 saturated carbocycles. The number of nitrogens with two attached hydrogens (primary N) is 2. The molecule has 0 bridgehead atoms. The Morgan fingerprint density at radius 3 is 2.07 bits per heavy atom. The second-order valence-electron chi connectivity index (χ2n) is 11.4. The van der Waals surface area contributed by atoms with E-state index in [1.54, 1.807) is 6.20 Å². The van der Waals surface area contributed by atoms with Crippen LogP contribution in [0.3, 0.4) is 0 Å². The number of ether oxygens (including phenoxy) is 1. The van der Waals surface area contributed by atoms with E-state index in [0.717, 1.165) is 54.5 Å². The first-order chi connectivity index (χ1) is 22.7. The number of hydrogen-bond donors (Lipinski definition) is 5. The number of fused-ring (bicyclic) bond motifs is 3. The molecule has 238 valence electrons. The van der Waals surface area contributed by atoms with Crippen molar-refractivity contribution in [3.05, 3.63) is 138 Å². The summed E-state index contributed by atoms with van der Waals surface area (Å²) in [5.41, 5.74) is 19.5. The maximum Gasteiger partial charge on any atom is 0.407 e. The third-order valence-electron chi connectivity index (χ3n) is 8.37. The van der Waals surface area contributed by atoms with Gasteiger partial charge in [0.15, 0.2) is 0 Å². The van der Waals surface area contributed by atoms with Crippen LogP contribution in [-0.2, 0) is 17.9 Å². The van der Waals surface area contributed by atoms with Gasteiger partial charge in [0, 0.05) is 55.1 Å². The fourth-order valence-corrected chi connectivity index (χ4v) is 5.87. The molecule has 0 radical (unpaired) electrons. The van der Waals surface area contributed by atoms with Crippen LogP contribution in [0.4, 0.5) is 16.2 Å². The zero-order chi connectivity index (χ0) is 32.0. The highest BCUT2D eigenvalue weighted by molar-refractivity contribution is 5.81. The molecular weight excluding hydrogens is 572 g/mol. The molecule has 7 N–H and O–H groups in total. The molecule has 8 heteroatoms. The van der Waals surface area contributed by atoms with Gasteiger partial charge in [-0.2, -0.15) is 0 Å². The molecular formula is C38H44N6O2. The van der Waals surface area contributed by atoms with Gasteiger partial charge in [0.1, 0.15) is 6.61 Å². The smallest absolute Gasteiger partial charge is 0.407 e. The number of pyridine rings is 1. The lowest BCUT2D eigenvalue weighted by Gasteiger charge is -2.26. The number of anilines is 2. The lowest BCUT2D eigenvalue weighted by atomic mass is 9.91. The van der Waals surface area contributed by atoms with Crippen LogP contribution in [0.1, 0.15) is 46.9 Å². The van der Waals surface area contributed by atoms with Gasteiger partial charge in [0.25, 0.3) is 0 Å². The number of alkyl carbamates (subject to hydrolysis) is 1. The van der Waals surface area contributed by atoms with Gasteiger partial charge in [0.05, 0.1) is 5.52 Å². The molecule has 2 unspecified atom stereocenters. The summed E-state index contributed by atoms with van der Waals surface area (Å²) < 4.78 is 5.24. The van der Waals surface area contributed by atoms with Crippen LogP contribution in [0, 0.1) is 0 Å². The number of para-hydroxylation sites is 3. The minimum absolute atomic E-state index is 0.301. The summed E-state index contributed by atoms with van der Waals surface area (Å²) in [6.45, 7) is 4.23. The van der Waals surface area contributed by atoms with Crippen molar-refractivity contribution in [1.29, 1.82) is 0 Å². The average molecular weight is 617 g/mol. The Balaban J connectivity index is 0.000000147. The van der Waals surface area contributed by atoms with Gasteiger partial charge < -0.3 is 32.2 Å². The first-order valence-corrected chi connectivity index (χ1v) is 16.0. The van der Waals surface area contributed by atoms with Crippen LogP contribution in [0.5, 0.6) is 0 Å². The summed E-state index contributed by atoms with van der Waals surface area (Å²) in [7, 11) is 0. The Morgan fingerprint density at radius 2 is 1.37 bits per heavy atom. The number of rotatable bonds is 6. The standard InChI is InChI=1S/C18H20N2O2.C10H14N2.C10H10N2/c21-18(22-13-14-6-2-1-3-7-14)20-12-15-10-11-19-17-9-5-4-8-16(15)17;2*11-7-8-5-6-12-10-4-2-1-3-9(8)10/h1-9,15,19H,10-13H2,(H,20,21);1-4,8,12H,5-7,11H2;1-6H,7,11H2. The molecule has 4 aromatic carbocycles. The fourth-order valence-electron chi connectivity index (χ4n) is 5.87. The highest BCUT2D eigenvalue weighted by atomic mass is 16.5. The molecule has 0 fully saturated rings. The second-order valence-corrected chi connectivity index (χ2v) is 11.4. The minimum atomic E-state index is -0.361. The van der Waals surface area contributed by atoms with Crippen molar-refractivity contribution in [3.8, 4) is 0 Å². The van der Waals surface area contributed by atoms with Crippen LogP contribution in [0.25, 0.3) is 10.9 Å². The maximum atomic E-state index is 11.8. The maximum absolute atomic E-state index is 11.8. The predicted octanol–water partition coefficient (Wildman–Crippen LogP) is 6.75. The van der Waals surface area contributed by atoms with E-state index >= 15 is 0 Å². The Kier molecular flexibility index (Phi) is 12.0. The number of benzene rings is 4. The molecule has 1 aromatic heterocycles. The lowest BCUT2D eigenvalue weighted by Crippen LogP contribution is -2.31. The summed E-state index contributed by atoms with van der Waals surface area (Å²) in [5.74, 6) is 0.893. The van der Waals surface area contributed by atoms with Crippen LogP contribution in [0.15, 0.2) is 115 Å². The lowest BCUT2D eigenvalue weighted by molar-refractivity contribution is 0.139. The van der Waals surface area contributed by atoms with E-state index in [-0.39, 0.29) is 6.09 Å². The normalized spacial score (nSPS) is 16.0. The van der Waals surface area contributed by atoms with Crippen molar-refractivity contribution >= 4 is 28.4 Å². The predicted molar refractivity (Wildman–Crippen MR) is 188 cm³/mol. The van der Waals surface area contributed by atoms with Crippen LogP contribution >= 0.6 is 0 Å². The molecule has 2 aliphatic heterocycles. The van der Waals surface area contributed by atoms with Crippen LogP contribution < -0.4 is 27.4 Å². The molecule has 8 nitrogen and oxygen atoms in total. The van der Waals surface area contributed by atoms with Crippen molar-refractivity contribution in [2.24, 2.45) is 11.5 Å². The number of aromatic nitrogens is 1. The second kappa shape index (κ2) is 17.0. The van der Waals surface area contributed by atoms with Crippen molar-refractivity contribution in [3.63, 3.8) is 0 Å². The van der Waals surface area contributed by atoms with E-state index in [9.17, 15) is 4.79 Å². The monoisotopic (exact) mass is 616 g/mol. The third-order valence-corrected chi connectivity index (χ3v) is 8.37. The Morgan fingerprint density at radius 1 is 0.761 bits per heavy atom. The number of hydrogen-bond acceptors (Lipinski definition) is 7. The van der Waals surface area contributed by atoms with E-state index < -0.39 is 0 Å². The molecule has 2 aliphatic rings. The Hall–Kier alpha value is -4.92. The van der Waals surface area contributed by atoms with Crippen molar-refractivity contribution < 1.29 is 9.53 Å². The summed E-state index contributed by atoms with van der Waals surface area (Å²) in [6.07, 6.45) is 3.61. The third kappa shape index (κ3) is 8.84. The van der Waals surface area contributed by atoms with Crippen molar-refractivity contribution in [1.82, 2.24) is 10.3 Å². The van der Waals surface area contributed by atoms with Gasteiger partial charge in [-0.25, -0.2) is 4.79 Å². The molecule has 0 saturated heterocycles. The Bertz CT molecular complexity index is 1670. The van der Waals surface area contributed by atoms with E-state index in [1.807, 2.05) is 72.8 Å². The van der Waals surface area contributed by atoms with Gasteiger partial charge in [-0.1, -0.05) is 84.9 Å². The fraction of sp³-hybridized carbons (Fsp3) is 0.263. The first-order valence-electron chi connectivity index (χ1n) is 16.0. The zero-order valence-electron chi connectivity index (χ0n) is 26.2. The van der Waals surface area contributed by atoms with Gasteiger partial charge >= 0.3 is 6.09 Å². The molecule has 46 heavy (non-hydrogen) atoms.